The second kappa shape index (κ2) is 9.18. The summed E-state index contributed by atoms with van der Waals surface area (Å²) in [5.74, 6) is 3.85. The average molecular weight is 455 g/mol. The van der Waals surface area contributed by atoms with Crippen molar-refractivity contribution in [3.8, 4) is 22.6 Å². The van der Waals surface area contributed by atoms with E-state index in [-0.39, 0.29) is 6.04 Å². The van der Waals surface area contributed by atoms with Crippen LogP contribution in [0, 0.1) is 11.5 Å². The minimum absolute atomic E-state index is 0.0668. The fourth-order valence-electron chi connectivity index (χ4n) is 3.55. The molecule has 4 aromatic rings. The number of aromatic nitrogens is 4. The van der Waals surface area contributed by atoms with Crippen molar-refractivity contribution in [2.24, 2.45) is 12.8 Å². The molecule has 168 valence electrons. The maximum atomic E-state index is 6.07. The smallest absolute Gasteiger partial charge is 0.227 e. The van der Waals surface area contributed by atoms with Crippen molar-refractivity contribution in [3.63, 3.8) is 0 Å². The Balaban J connectivity index is 1.64. The summed E-state index contributed by atoms with van der Waals surface area (Å²) >= 11 is 0. The summed E-state index contributed by atoms with van der Waals surface area (Å²) in [4.78, 5) is 9.26. The zero-order valence-electron chi connectivity index (χ0n) is 19.8. The SMILES string of the molecule is C[C@H](N)Cc1cc(Nc2ncc3cc(C#C[Si](C)(C)C)ccc3n2)cc(-c2cnn(C)c2)c1. The maximum Gasteiger partial charge on any atom is 0.227 e. The van der Waals surface area contributed by atoms with E-state index in [0.717, 1.165) is 45.3 Å². The van der Waals surface area contributed by atoms with E-state index in [1.807, 2.05) is 44.7 Å². The second-order valence-corrected chi connectivity index (χ2v) is 14.3. The van der Waals surface area contributed by atoms with Gasteiger partial charge in [0.05, 0.1) is 11.7 Å². The molecule has 0 aliphatic rings. The highest BCUT2D eigenvalue weighted by molar-refractivity contribution is 6.83. The molecule has 0 aliphatic heterocycles. The van der Waals surface area contributed by atoms with Gasteiger partial charge < -0.3 is 11.1 Å². The number of fused-ring (bicyclic) bond motifs is 1. The van der Waals surface area contributed by atoms with E-state index < -0.39 is 8.07 Å². The van der Waals surface area contributed by atoms with Gasteiger partial charge in [-0.2, -0.15) is 5.10 Å². The summed E-state index contributed by atoms with van der Waals surface area (Å²) in [5.41, 5.74) is 15.6. The molecule has 7 heteroatoms. The van der Waals surface area contributed by atoms with E-state index in [4.69, 9.17) is 10.7 Å². The van der Waals surface area contributed by atoms with Crippen LogP contribution in [0.2, 0.25) is 19.6 Å². The van der Waals surface area contributed by atoms with Gasteiger partial charge in [0.2, 0.25) is 5.95 Å². The third-order valence-electron chi connectivity index (χ3n) is 5.01. The highest BCUT2D eigenvalue weighted by Crippen LogP contribution is 2.27. The van der Waals surface area contributed by atoms with Gasteiger partial charge in [-0.3, -0.25) is 4.68 Å². The van der Waals surface area contributed by atoms with Crippen LogP contribution in [0.25, 0.3) is 22.0 Å². The molecule has 4 rings (SSSR count). The summed E-state index contributed by atoms with van der Waals surface area (Å²) in [6.45, 7) is 8.74. The lowest BCUT2D eigenvalue weighted by atomic mass is 10.0. The molecule has 2 heterocycles. The Morgan fingerprint density at radius 2 is 1.91 bits per heavy atom. The lowest BCUT2D eigenvalue weighted by Crippen LogP contribution is -2.17. The van der Waals surface area contributed by atoms with Crippen LogP contribution in [0.15, 0.2) is 55.0 Å². The van der Waals surface area contributed by atoms with Gasteiger partial charge in [0, 0.05) is 47.7 Å². The first kappa shape index (κ1) is 22.7. The van der Waals surface area contributed by atoms with Crippen LogP contribution in [0.1, 0.15) is 18.1 Å². The lowest BCUT2D eigenvalue weighted by Gasteiger charge is -2.12. The lowest BCUT2D eigenvalue weighted by molar-refractivity contribution is 0.738. The van der Waals surface area contributed by atoms with Crippen molar-refractivity contribution in [1.29, 1.82) is 0 Å². The summed E-state index contributed by atoms with van der Waals surface area (Å²) < 4.78 is 1.80. The Morgan fingerprint density at radius 1 is 1.09 bits per heavy atom. The van der Waals surface area contributed by atoms with Crippen LogP contribution in [0.5, 0.6) is 0 Å². The van der Waals surface area contributed by atoms with Gasteiger partial charge in [-0.05, 0) is 54.8 Å². The minimum atomic E-state index is -1.42. The summed E-state index contributed by atoms with van der Waals surface area (Å²) in [5, 5.41) is 8.65. The van der Waals surface area contributed by atoms with Crippen LogP contribution >= 0.6 is 0 Å². The molecule has 0 bridgehead atoms. The maximum absolute atomic E-state index is 6.07. The van der Waals surface area contributed by atoms with Gasteiger partial charge in [-0.15, -0.1) is 5.54 Å². The van der Waals surface area contributed by atoms with Crippen LogP contribution in [-0.4, -0.2) is 33.9 Å². The Bertz CT molecular complexity index is 1350. The number of aryl methyl sites for hydroxylation is 1. The van der Waals surface area contributed by atoms with Crippen molar-refractivity contribution in [3.05, 3.63) is 66.1 Å². The fraction of sp³-hybridized carbons (Fsp3) is 0.269. The molecule has 0 unspecified atom stereocenters. The average Bonchev–Trinajstić information content (AvgIpc) is 3.17. The highest BCUT2D eigenvalue weighted by atomic mass is 28.3. The van der Waals surface area contributed by atoms with E-state index in [1.54, 1.807) is 4.68 Å². The number of nitrogens with two attached hydrogens (primary N) is 1. The van der Waals surface area contributed by atoms with Crippen LogP contribution in [0.3, 0.4) is 0 Å². The van der Waals surface area contributed by atoms with Crippen molar-refractivity contribution in [2.45, 2.75) is 39.0 Å². The molecular weight excluding hydrogens is 424 g/mol. The third-order valence-corrected chi connectivity index (χ3v) is 5.88. The molecule has 33 heavy (non-hydrogen) atoms. The molecule has 1 atom stereocenters. The predicted molar refractivity (Wildman–Crippen MR) is 139 cm³/mol. The number of anilines is 2. The second-order valence-electron chi connectivity index (χ2n) is 9.59. The topological polar surface area (TPSA) is 81.7 Å². The van der Waals surface area contributed by atoms with Gasteiger partial charge in [0.25, 0.3) is 0 Å². The molecule has 0 saturated heterocycles. The van der Waals surface area contributed by atoms with Crippen LogP contribution in [-0.2, 0) is 13.5 Å². The Morgan fingerprint density at radius 3 is 2.61 bits per heavy atom. The fourth-order valence-corrected chi connectivity index (χ4v) is 4.07. The molecule has 2 aromatic heterocycles. The van der Waals surface area contributed by atoms with Gasteiger partial charge in [0.15, 0.2) is 0 Å². The molecule has 3 N–H and O–H groups in total. The zero-order valence-corrected chi connectivity index (χ0v) is 20.8. The predicted octanol–water partition coefficient (Wildman–Crippen LogP) is 4.89. The first-order valence-electron chi connectivity index (χ1n) is 11.1. The zero-order chi connectivity index (χ0) is 23.6. The number of nitrogens with one attached hydrogen (secondary N) is 1. The van der Waals surface area contributed by atoms with Crippen molar-refractivity contribution >= 4 is 30.6 Å². The van der Waals surface area contributed by atoms with Crippen LogP contribution in [0.4, 0.5) is 11.6 Å². The van der Waals surface area contributed by atoms with E-state index in [2.05, 4.69) is 70.8 Å². The molecule has 0 saturated carbocycles. The molecular formula is C26H30N6Si. The first-order valence-corrected chi connectivity index (χ1v) is 14.6. The first-order chi connectivity index (χ1) is 15.6. The Labute approximate surface area is 196 Å². The quantitative estimate of drug-likeness (QED) is 0.331. The Hall–Kier alpha value is -3.47. The largest absolute Gasteiger partial charge is 0.328 e. The molecule has 0 amide bonds. The molecule has 0 spiro atoms. The number of hydrogen-bond donors (Lipinski definition) is 2. The molecule has 0 radical (unpaired) electrons. The molecule has 0 aliphatic carbocycles. The summed E-state index contributed by atoms with van der Waals surface area (Å²) in [6.07, 6.45) is 6.49. The van der Waals surface area contributed by atoms with Crippen LogP contribution < -0.4 is 11.1 Å². The van der Waals surface area contributed by atoms with E-state index in [9.17, 15) is 0 Å². The number of benzene rings is 2. The monoisotopic (exact) mass is 454 g/mol. The molecule has 2 aromatic carbocycles. The number of hydrogen-bond acceptors (Lipinski definition) is 5. The van der Waals surface area contributed by atoms with E-state index in [0.29, 0.717) is 5.95 Å². The molecule has 0 fully saturated rings. The third kappa shape index (κ3) is 6.07. The van der Waals surface area contributed by atoms with Gasteiger partial charge in [-0.1, -0.05) is 31.6 Å². The number of rotatable bonds is 5. The highest BCUT2D eigenvalue weighted by Gasteiger charge is 2.10. The standard InChI is InChI=1S/C26H30N6Si/c1-18(27)10-20-12-21(23-16-29-32(2)17-23)14-24(13-20)30-26-28-15-22-11-19(6-7-25(22)31-26)8-9-33(3,4)5/h6-7,11-18H,10,27H2,1-5H3,(H,28,30,31)/t18-/m0/s1. The van der Waals surface area contributed by atoms with Gasteiger partial charge >= 0.3 is 0 Å². The Kier molecular flexibility index (Phi) is 6.32. The van der Waals surface area contributed by atoms with Gasteiger partial charge in [-0.25, -0.2) is 9.97 Å². The minimum Gasteiger partial charge on any atom is -0.328 e. The molecule has 6 nitrogen and oxygen atoms in total. The summed E-state index contributed by atoms with van der Waals surface area (Å²) in [7, 11) is 0.498. The van der Waals surface area contributed by atoms with E-state index >= 15 is 0 Å². The van der Waals surface area contributed by atoms with Crippen molar-refractivity contribution in [2.75, 3.05) is 5.32 Å². The van der Waals surface area contributed by atoms with Crippen molar-refractivity contribution in [1.82, 2.24) is 19.7 Å². The van der Waals surface area contributed by atoms with Gasteiger partial charge in [0.1, 0.15) is 8.07 Å². The normalized spacial score (nSPS) is 12.3. The van der Waals surface area contributed by atoms with E-state index in [1.165, 1.54) is 0 Å². The van der Waals surface area contributed by atoms with Crippen molar-refractivity contribution < 1.29 is 0 Å². The summed E-state index contributed by atoms with van der Waals surface area (Å²) in [6, 6.07) is 12.5. The number of nitrogens with zero attached hydrogens (tertiary/aromatic N) is 4.